The van der Waals surface area contributed by atoms with Crippen LogP contribution in [0.1, 0.15) is 23.2 Å². The van der Waals surface area contributed by atoms with Crippen LogP contribution in [-0.4, -0.2) is 33.5 Å². The highest BCUT2D eigenvalue weighted by Crippen LogP contribution is 2.23. The predicted molar refractivity (Wildman–Crippen MR) is 79.9 cm³/mol. The molecule has 6 nitrogen and oxygen atoms in total. The quantitative estimate of drug-likeness (QED) is 0.918. The van der Waals surface area contributed by atoms with E-state index in [2.05, 4.69) is 19.4 Å². The average molecular weight is 285 g/mol. The molecule has 1 saturated heterocycles. The molecular formula is C15H19N5O. The lowest BCUT2D eigenvalue weighted by Gasteiger charge is -2.32. The minimum Gasteiger partial charge on any atom is -0.366 e. The zero-order valence-corrected chi connectivity index (χ0v) is 11.9. The molecule has 1 aliphatic heterocycles. The molecule has 0 saturated carbocycles. The second-order valence-electron chi connectivity index (χ2n) is 5.46. The third-order valence-corrected chi connectivity index (χ3v) is 4.00. The Kier molecular flexibility index (Phi) is 3.85. The van der Waals surface area contributed by atoms with Crippen molar-refractivity contribution in [1.82, 2.24) is 14.5 Å². The second-order valence-corrected chi connectivity index (χ2v) is 5.46. The van der Waals surface area contributed by atoms with Crippen LogP contribution in [0.5, 0.6) is 0 Å². The van der Waals surface area contributed by atoms with E-state index in [4.69, 9.17) is 5.73 Å². The molecular weight excluding hydrogens is 266 g/mol. The summed E-state index contributed by atoms with van der Waals surface area (Å²) in [5.41, 5.74) is 5.68. The van der Waals surface area contributed by atoms with Gasteiger partial charge < -0.3 is 15.2 Å². The summed E-state index contributed by atoms with van der Waals surface area (Å²) >= 11 is 0. The van der Waals surface area contributed by atoms with E-state index in [1.165, 1.54) is 0 Å². The lowest BCUT2D eigenvalue weighted by Crippen LogP contribution is -2.35. The summed E-state index contributed by atoms with van der Waals surface area (Å²) in [6, 6.07) is 3.61. The normalized spacial score (nSPS) is 16.1. The predicted octanol–water partition coefficient (Wildman–Crippen LogP) is 1.29. The summed E-state index contributed by atoms with van der Waals surface area (Å²) in [6.45, 7) is 3.01. The van der Waals surface area contributed by atoms with Crippen LogP contribution in [0.15, 0.2) is 37.1 Å². The maximum absolute atomic E-state index is 11.0. The van der Waals surface area contributed by atoms with Gasteiger partial charge in [0.25, 0.3) is 0 Å². The number of amides is 1. The van der Waals surface area contributed by atoms with Gasteiger partial charge in [-0.15, -0.1) is 0 Å². The van der Waals surface area contributed by atoms with Gasteiger partial charge in [0.05, 0.1) is 11.9 Å². The van der Waals surface area contributed by atoms with Gasteiger partial charge in [0.2, 0.25) is 5.91 Å². The van der Waals surface area contributed by atoms with E-state index in [9.17, 15) is 4.79 Å². The van der Waals surface area contributed by atoms with Gasteiger partial charge in [-0.1, -0.05) is 0 Å². The first-order chi connectivity index (χ1) is 10.2. The Balaban J connectivity index is 1.56. The molecule has 0 unspecified atom stereocenters. The summed E-state index contributed by atoms with van der Waals surface area (Å²) in [5, 5.41) is 0. The first-order valence-corrected chi connectivity index (χ1v) is 7.19. The molecule has 0 aromatic carbocycles. The molecule has 6 heteroatoms. The zero-order chi connectivity index (χ0) is 14.7. The van der Waals surface area contributed by atoms with Gasteiger partial charge in [-0.05, 0) is 30.9 Å². The summed E-state index contributed by atoms with van der Waals surface area (Å²) in [6.07, 6.45) is 9.52. The first-order valence-electron chi connectivity index (χ1n) is 7.19. The van der Waals surface area contributed by atoms with E-state index in [-0.39, 0.29) is 0 Å². The average Bonchev–Trinajstić information content (AvgIpc) is 3.01. The molecule has 3 rings (SSSR count). The Labute approximate surface area is 123 Å². The lowest BCUT2D eigenvalue weighted by molar-refractivity contribution is 0.1000. The fraction of sp³-hybridized carbons (Fsp3) is 0.400. The number of aromatic nitrogens is 3. The van der Waals surface area contributed by atoms with E-state index in [0.29, 0.717) is 11.5 Å². The molecule has 21 heavy (non-hydrogen) atoms. The van der Waals surface area contributed by atoms with E-state index in [1.54, 1.807) is 12.3 Å². The standard InChI is InChI=1S/C15H19N5O/c16-15(21)13-1-2-14(18-9-13)20-6-3-12(4-7-20)10-19-8-5-17-11-19/h1-2,5,8-9,11-12H,3-4,6-7,10H2,(H2,16,21). The number of anilines is 1. The molecule has 2 aromatic heterocycles. The molecule has 0 radical (unpaired) electrons. The number of nitrogens with two attached hydrogens (primary N) is 1. The zero-order valence-electron chi connectivity index (χ0n) is 11.9. The molecule has 0 spiro atoms. The summed E-state index contributed by atoms with van der Waals surface area (Å²) in [4.78, 5) is 21.7. The maximum Gasteiger partial charge on any atom is 0.250 e. The number of carbonyl (C=O) groups is 1. The van der Waals surface area contributed by atoms with Gasteiger partial charge >= 0.3 is 0 Å². The highest BCUT2D eigenvalue weighted by atomic mass is 16.1. The Morgan fingerprint density at radius 2 is 2.14 bits per heavy atom. The van der Waals surface area contributed by atoms with Crippen LogP contribution in [0.25, 0.3) is 0 Å². The van der Waals surface area contributed by atoms with Crippen LogP contribution in [-0.2, 0) is 6.54 Å². The van der Waals surface area contributed by atoms with Crippen molar-refractivity contribution in [2.45, 2.75) is 19.4 Å². The third-order valence-electron chi connectivity index (χ3n) is 4.00. The molecule has 2 N–H and O–H groups in total. The van der Waals surface area contributed by atoms with Crippen molar-refractivity contribution in [3.63, 3.8) is 0 Å². The van der Waals surface area contributed by atoms with E-state index in [1.807, 2.05) is 24.8 Å². The smallest absolute Gasteiger partial charge is 0.250 e. The molecule has 0 atom stereocenters. The molecule has 1 fully saturated rings. The van der Waals surface area contributed by atoms with Crippen molar-refractivity contribution in [2.75, 3.05) is 18.0 Å². The first kappa shape index (κ1) is 13.6. The van der Waals surface area contributed by atoms with Gasteiger partial charge in [0.15, 0.2) is 0 Å². The van der Waals surface area contributed by atoms with Crippen LogP contribution in [0.3, 0.4) is 0 Å². The fourth-order valence-electron chi connectivity index (χ4n) is 2.76. The van der Waals surface area contributed by atoms with Crippen LogP contribution < -0.4 is 10.6 Å². The summed E-state index contributed by atoms with van der Waals surface area (Å²) < 4.78 is 2.14. The largest absolute Gasteiger partial charge is 0.366 e. The number of nitrogens with zero attached hydrogens (tertiary/aromatic N) is 4. The van der Waals surface area contributed by atoms with Gasteiger partial charge in [-0.2, -0.15) is 0 Å². The SMILES string of the molecule is NC(=O)c1ccc(N2CCC(Cn3ccnc3)CC2)nc1. The highest BCUT2D eigenvalue weighted by Gasteiger charge is 2.20. The van der Waals surface area contributed by atoms with Crippen LogP contribution in [0.4, 0.5) is 5.82 Å². The highest BCUT2D eigenvalue weighted by molar-refractivity contribution is 5.92. The Morgan fingerprint density at radius 3 is 2.71 bits per heavy atom. The van der Waals surface area contributed by atoms with Crippen molar-refractivity contribution < 1.29 is 4.79 Å². The molecule has 110 valence electrons. The molecule has 0 bridgehead atoms. The van der Waals surface area contributed by atoms with Gasteiger partial charge in [0.1, 0.15) is 5.82 Å². The maximum atomic E-state index is 11.0. The summed E-state index contributed by atoms with van der Waals surface area (Å²) in [5.74, 6) is 1.16. The topological polar surface area (TPSA) is 77.0 Å². The molecule has 3 heterocycles. The fourth-order valence-corrected chi connectivity index (χ4v) is 2.76. The van der Waals surface area contributed by atoms with Crippen LogP contribution in [0.2, 0.25) is 0 Å². The minimum atomic E-state index is -0.437. The van der Waals surface area contributed by atoms with Crippen molar-refractivity contribution in [3.05, 3.63) is 42.6 Å². The Morgan fingerprint density at radius 1 is 1.33 bits per heavy atom. The molecule has 0 aliphatic carbocycles. The number of primary amides is 1. The van der Waals surface area contributed by atoms with Crippen LogP contribution >= 0.6 is 0 Å². The number of imidazole rings is 1. The Hall–Kier alpha value is -2.37. The molecule has 2 aromatic rings. The van der Waals surface area contributed by atoms with E-state index >= 15 is 0 Å². The third kappa shape index (κ3) is 3.21. The number of piperidine rings is 1. The number of carbonyl (C=O) groups excluding carboxylic acids is 1. The van der Waals surface area contributed by atoms with Crippen molar-refractivity contribution in [2.24, 2.45) is 11.7 Å². The van der Waals surface area contributed by atoms with Gasteiger partial charge in [0, 0.05) is 38.2 Å². The van der Waals surface area contributed by atoms with Crippen LogP contribution in [0, 0.1) is 5.92 Å². The minimum absolute atomic E-state index is 0.437. The Bertz CT molecular complexity index is 585. The monoisotopic (exact) mass is 285 g/mol. The number of rotatable bonds is 4. The number of hydrogen-bond donors (Lipinski definition) is 1. The number of pyridine rings is 1. The van der Waals surface area contributed by atoms with E-state index in [0.717, 1.165) is 38.3 Å². The molecule has 1 aliphatic rings. The van der Waals surface area contributed by atoms with Crippen molar-refractivity contribution >= 4 is 11.7 Å². The molecule has 1 amide bonds. The van der Waals surface area contributed by atoms with Gasteiger partial charge in [-0.3, -0.25) is 4.79 Å². The van der Waals surface area contributed by atoms with Crippen molar-refractivity contribution in [1.29, 1.82) is 0 Å². The van der Waals surface area contributed by atoms with E-state index < -0.39 is 5.91 Å². The second kappa shape index (κ2) is 5.95. The lowest BCUT2D eigenvalue weighted by atomic mass is 9.96. The van der Waals surface area contributed by atoms with Gasteiger partial charge in [-0.25, -0.2) is 9.97 Å². The summed E-state index contributed by atoms with van der Waals surface area (Å²) in [7, 11) is 0. The van der Waals surface area contributed by atoms with Crippen molar-refractivity contribution in [3.8, 4) is 0 Å². The number of hydrogen-bond acceptors (Lipinski definition) is 4.